The first-order chi connectivity index (χ1) is 11.1. The molecule has 0 unspecified atom stereocenters. The maximum Gasteiger partial charge on any atom is 0.258 e. The predicted octanol–water partition coefficient (Wildman–Crippen LogP) is 2.57. The molecule has 118 valence electrons. The van der Waals surface area contributed by atoms with Gasteiger partial charge in [0.15, 0.2) is 18.1 Å². The molecule has 0 radical (unpaired) electrons. The Hall–Kier alpha value is -3.00. The second-order valence-electron chi connectivity index (χ2n) is 5.03. The second-order valence-corrected chi connectivity index (χ2v) is 5.03. The molecule has 0 atom stereocenters. The molecule has 0 aromatic heterocycles. The first-order valence-electron chi connectivity index (χ1n) is 7.15. The normalized spacial score (nSPS) is 9.78. The van der Waals surface area contributed by atoms with E-state index in [-0.39, 0.29) is 12.5 Å². The zero-order valence-electron chi connectivity index (χ0n) is 13.1. The Labute approximate surface area is 135 Å². The molecule has 1 amide bonds. The lowest BCUT2D eigenvalue weighted by Crippen LogP contribution is -2.28. The van der Waals surface area contributed by atoms with Crippen LogP contribution in [0.25, 0.3) is 0 Å². The van der Waals surface area contributed by atoms with Crippen LogP contribution in [0.5, 0.6) is 11.5 Å². The van der Waals surface area contributed by atoms with E-state index in [2.05, 4.69) is 11.4 Å². The van der Waals surface area contributed by atoms with Crippen molar-refractivity contribution >= 4 is 5.91 Å². The molecule has 0 spiro atoms. The van der Waals surface area contributed by atoms with E-state index in [0.29, 0.717) is 23.6 Å². The molecule has 1 N–H and O–H groups in total. The number of hydrogen-bond acceptors (Lipinski definition) is 4. The Balaban J connectivity index is 1.87. The zero-order chi connectivity index (χ0) is 16.7. The Bertz CT molecular complexity index is 735. The molecule has 2 aromatic carbocycles. The molecule has 0 saturated carbocycles. The molecule has 0 aliphatic heterocycles. The van der Waals surface area contributed by atoms with E-state index >= 15 is 0 Å². The number of ether oxygens (including phenoxy) is 2. The van der Waals surface area contributed by atoms with E-state index in [1.54, 1.807) is 31.4 Å². The van der Waals surface area contributed by atoms with Crippen LogP contribution in [-0.4, -0.2) is 19.6 Å². The van der Waals surface area contributed by atoms with Crippen molar-refractivity contribution in [3.63, 3.8) is 0 Å². The Morgan fingerprint density at radius 1 is 1.22 bits per heavy atom. The molecular weight excluding hydrogens is 292 g/mol. The molecule has 5 nitrogen and oxygen atoms in total. The Morgan fingerprint density at radius 2 is 2.04 bits per heavy atom. The Morgan fingerprint density at radius 3 is 2.78 bits per heavy atom. The van der Waals surface area contributed by atoms with Crippen molar-refractivity contribution in [1.82, 2.24) is 5.32 Å². The third-order valence-electron chi connectivity index (χ3n) is 3.22. The van der Waals surface area contributed by atoms with Gasteiger partial charge >= 0.3 is 0 Å². The third kappa shape index (κ3) is 4.75. The fraction of sp³-hybridized carbons (Fsp3) is 0.222. The molecule has 0 aliphatic carbocycles. The summed E-state index contributed by atoms with van der Waals surface area (Å²) in [5.41, 5.74) is 2.48. The number of nitrogens with zero attached hydrogens (tertiary/aromatic N) is 1. The van der Waals surface area contributed by atoms with E-state index in [0.717, 1.165) is 11.1 Å². The van der Waals surface area contributed by atoms with Crippen LogP contribution < -0.4 is 14.8 Å². The van der Waals surface area contributed by atoms with E-state index in [9.17, 15) is 4.79 Å². The van der Waals surface area contributed by atoms with Crippen molar-refractivity contribution in [2.24, 2.45) is 0 Å². The van der Waals surface area contributed by atoms with Crippen molar-refractivity contribution in [1.29, 1.82) is 5.26 Å². The first-order valence-corrected chi connectivity index (χ1v) is 7.15. The van der Waals surface area contributed by atoms with Crippen molar-refractivity contribution in [2.45, 2.75) is 13.5 Å². The molecule has 2 rings (SSSR count). The molecule has 0 saturated heterocycles. The molecule has 0 fully saturated rings. The van der Waals surface area contributed by atoms with Gasteiger partial charge in [0, 0.05) is 6.54 Å². The van der Waals surface area contributed by atoms with Crippen LogP contribution in [0.15, 0.2) is 42.5 Å². The van der Waals surface area contributed by atoms with Gasteiger partial charge in [-0.05, 0) is 42.3 Å². The average Bonchev–Trinajstić information content (AvgIpc) is 2.58. The number of hydrogen-bond donors (Lipinski definition) is 1. The van der Waals surface area contributed by atoms with Gasteiger partial charge in [0.05, 0.1) is 18.7 Å². The van der Waals surface area contributed by atoms with Gasteiger partial charge in [-0.3, -0.25) is 4.79 Å². The van der Waals surface area contributed by atoms with Gasteiger partial charge in [-0.2, -0.15) is 5.26 Å². The summed E-state index contributed by atoms with van der Waals surface area (Å²) in [6, 6.07) is 14.7. The topological polar surface area (TPSA) is 71.3 Å². The van der Waals surface area contributed by atoms with Crippen molar-refractivity contribution in [3.8, 4) is 17.6 Å². The number of methoxy groups -OCH3 is 1. The van der Waals surface area contributed by atoms with Crippen LogP contribution in [0, 0.1) is 18.3 Å². The number of carbonyl (C=O) groups excluding carboxylic acids is 1. The SMILES string of the molecule is COc1cc(C)ccc1OCC(=O)NCc1cccc(C#N)c1. The predicted molar refractivity (Wildman–Crippen MR) is 86.2 cm³/mol. The van der Waals surface area contributed by atoms with Crippen molar-refractivity contribution in [2.75, 3.05) is 13.7 Å². The van der Waals surface area contributed by atoms with Crippen LogP contribution in [0.1, 0.15) is 16.7 Å². The number of rotatable bonds is 6. The lowest BCUT2D eigenvalue weighted by atomic mass is 10.1. The number of aryl methyl sites for hydroxylation is 1. The van der Waals surface area contributed by atoms with Crippen molar-refractivity contribution < 1.29 is 14.3 Å². The largest absolute Gasteiger partial charge is 0.493 e. The number of carbonyl (C=O) groups is 1. The maximum atomic E-state index is 11.9. The second kappa shape index (κ2) is 7.85. The van der Waals surface area contributed by atoms with Gasteiger partial charge in [-0.25, -0.2) is 0 Å². The lowest BCUT2D eigenvalue weighted by molar-refractivity contribution is -0.123. The minimum Gasteiger partial charge on any atom is -0.493 e. The monoisotopic (exact) mass is 310 g/mol. The summed E-state index contributed by atoms with van der Waals surface area (Å²) in [5.74, 6) is 0.884. The van der Waals surface area contributed by atoms with Crippen LogP contribution in [-0.2, 0) is 11.3 Å². The lowest BCUT2D eigenvalue weighted by Gasteiger charge is -2.11. The minimum absolute atomic E-state index is 0.0998. The van der Waals surface area contributed by atoms with Crippen LogP contribution >= 0.6 is 0 Å². The summed E-state index contributed by atoms with van der Waals surface area (Å²) in [6.07, 6.45) is 0. The fourth-order valence-electron chi connectivity index (χ4n) is 2.04. The highest BCUT2D eigenvalue weighted by Gasteiger charge is 2.08. The summed E-state index contributed by atoms with van der Waals surface area (Å²) in [5, 5.41) is 11.6. The zero-order valence-corrected chi connectivity index (χ0v) is 13.1. The molecule has 0 heterocycles. The standard InChI is InChI=1S/C18H18N2O3/c1-13-6-7-16(17(8-13)22-2)23-12-18(21)20-11-15-5-3-4-14(9-15)10-19/h3-9H,11-12H2,1-2H3,(H,20,21). The molecule has 2 aromatic rings. The number of benzene rings is 2. The molecule has 5 heteroatoms. The Kier molecular flexibility index (Phi) is 5.59. The first kappa shape index (κ1) is 16.4. The van der Waals surface area contributed by atoms with Crippen LogP contribution in [0.4, 0.5) is 0 Å². The molecule has 0 aliphatic rings. The third-order valence-corrected chi connectivity index (χ3v) is 3.22. The van der Waals surface area contributed by atoms with Crippen molar-refractivity contribution in [3.05, 3.63) is 59.2 Å². The van der Waals surface area contributed by atoms with Gasteiger partial charge in [-0.1, -0.05) is 18.2 Å². The van der Waals surface area contributed by atoms with Crippen LogP contribution in [0.3, 0.4) is 0 Å². The summed E-state index contributed by atoms with van der Waals surface area (Å²) in [4.78, 5) is 11.9. The summed E-state index contributed by atoms with van der Waals surface area (Å²) < 4.78 is 10.7. The smallest absolute Gasteiger partial charge is 0.258 e. The van der Waals surface area contributed by atoms with Gasteiger partial charge in [-0.15, -0.1) is 0 Å². The summed E-state index contributed by atoms with van der Waals surface area (Å²) >= 11 is 0. The quantitative estimate of drug-likeness (QED) is 0.890. The van der Waals surface area contributed by atoms with E-state index in [4.69, 9.17) is 14.7 Å². The van der Waals surface area contributed by atoms with E-state index in [1.807, 2.05) is 25.1 Å². The van der Waals surface area contributed by atoms with Gasteiger partial charge in [0.1, 0.15) is 0 Å². The summed E-state index contributed by atoms with van der Waals surface area (Å²) in [7, 11) is 1.56. The minimum atomic E-state index is -0.241. The maximum absolute atomic E-state index is 11.9. The number of nitriles is 1. The molecular formula is C18H18N2O3. The van der Waals surface area contributed by atoms with Crippen LogP contribution in [0.2, 0.25) is 0 Å². The van der Waals surface area contributed by atoms with E-state index in [1.165, 1.54) is 0 Å². The highest BCUT2D eigenvalue weighted by molar-refractivity contribution is 5.77. The number of amides is 1. The molecule has 23 heavy (non-hydrogen) atoms. The van der Waals surface area contributed by atoms with E-state index < -0.39 is 0 Å². The number of nitrogens with one attached hydrogen (secondary N) is 1. The summed E-state index contributed by atoms with van der Waals surface area (Å²) in [6.45, 7) is 2.20. The van der Waals surface area contributed by atoms with Gasteiger partial charge in [0.2, 0.25) is 0 Å². The molecule has 0 bridgehead atoms. The fourth-order valence-corrected chi connectivity index (χ4v) is 2.04. The van der Waals surface area contributed by atoms with Gasteiger partial charge in [0.25, 0.3) is 5.91 Å². The highest BCUT2D eigenvalue weighted by atomic mass is 16.5. The average molecular weight is 310 g/mol. The highest BCUT2D eigenvalue weighted by Crippen LogP contribution is 2.27. The van der Waals surface area contributed by atoms with Gasteiger partial charge < -0.3 is 14.8 Å².